The van der Waals surface area contributed by atoms with E-state index < -0.39 is 28.6 Å². The van der Waals surface area contributed by atoms with E-state index >= 15 is 4.39 Å². The summed E-state index contributed by atoms with van der Waals surface area (Å²) in [5.41, 5.74) is 6.89. The molecule has 174 valence electrons. The molecule has 2 aliphatic rings. The van der Waals surface area contributed by atoms with Crippen LogP contribution in [-0.2, 0) is 12.0 Å². The van der Waals surface area contributed by atoms with Crippen LogP contribution in [0.4, 0.5) is 13.2 Å². The molecule has 0 amide bonds. The predicted molar refractivity (Wildman–Crippen MR) is 124 cm³/mol. The molecular formula is C24H20F3N5OS. The monoisotopic (exact) mass is 483 g/mol. The topological polar surface area (TPSA) is 86.3 Å². The van der Waals surface area contributed by atoms with Crippen LogP contribution in [0.25, 0.3) is 11.0 Å². The van der Waals surface area contributed by atoms with Gasteiger partial charge in [0, 0.05) is 24.0 Å². The van der Waals surface area contributed by atoms with Gasteiger partial charge >= 0.3 is 0 Å². The first-order valence-corrected chi connectivity index (χ1v) is 11.4. The van der Waals surface area contributed by atoms with Crippen LogP contribution in [0.2, 0.25) is 0 Å². The van der Waals surface area contributed by atoms with Gasteiger partial charge in [-0.2, -0.15) is 0 Å². The van der Waals surface area contributed by atoms with Crippen LogP contribution >= 0.6 is 11.8 Å². The second kappa shape index (κ2) is 8.17. The lowest BCUT2D eigenvalue weighted by Gasteiger charge is -2.33. The number of hydrogen-bond donors (Lipinski definition) is 1. The van der Waals surface area contributed by atoms with Crippen LogP contribution in [0.5, 0.6) is 5.75 Å². The molecule has 1 aliphatic heterocycles. The van der Waals surface area contributed by atoms with Crippen molar-refractivity contribution in [3.05, 3.63) is 59.2 Å². The quantitative estimate of drug-likeness (QED) is 0.535. The second-order valence-electron chi connectivity index (χ2n) is 8.62. The van der Waals surface area contributed by atoms with Crippen molar-refractivity contribution in [3.8, 4) is 18.1 Å². The number of pyridine rings is 1. The van der Waals surface area contributed by atoms with Gasteiger partial charge in [-0.15, -0.1) is 6.42 Å². The first-order chi connectivity index (χ1) is 16.3. The third kappa shape index (κ3) is 3.64. The Balaban J connectivity index is 1.53. The van der Waals surface area contributed by atoms with Crippen molar-refractivity contribution >= 4 is 28.0 Å². The van der Waals surface area contributed by atoms with Gasteiger partial charge in [-0.25, -0.2) is 28.1 Å². The number of terminal acetylenes is 1. The smallest absolute Gasteiger partial charge is 0.164 e. The molecule has 10 heteroatoms. The number of hydrogen-bond acceptors (Lipinski definition) is 7. The summed E-state index contributed by atoms with van der Waals surface area (Å²) in [5.74, 6) is 0.545. The van der Waals surface area contributed by atoms with Crippen LogP contribution in [0.1, 0.15) is 30.2 Å². The molecule has 0 saturated heterocycles. The molecule has 5 rings (SSSR count). The van der Waals surface area contributed by atoms with E-state index in [2.05, 4.69) is 25.9 Å². The molecule has 0 radical (unpaired) electrons. The van der Waals surface area contributed by atoms with Crippen LogP contribution in [-0.4, -0.2) is 38.1 Å². The summed E-state index contributed by atoms with van der Waals surface area (Å²) in [6, 6.07) is 4.37. The average molecular weight is 484 g/mol. The van der Waals surface area contributed by atoms with Gasteiger partial charge in [0.1, 0.15) is 30.9 Å². The summed E-state index contributed by atoms with van der Waals surface area (Å²) >= 11 is 1.17. The van der Waals surface area contributed by atoms with E-state index in [1.165, 1.54) is 24.3 Å². The summed E-state index contributed by atoms with van der Waals surface area (Å²) < 4.78 is 48.2. The maximum Gasteiger partial charge on any atom is 0.164 e. The lowest BCUT2D eigenvalue weighted by atomic mass is 9.84. The predicted octanol–water partition coefficient (Wildman–Crippen LogP) is 3.91. The molecule has 2 N–H and O–H groups in total. The van der Waals surface area contributed by atoms with Gasteiger partial charge < -0.3 is 10.5 Å². The van der Waals surface area contributed by atoms with Crippen LogP contribution in [0.15, 0.2) is 35.7 Å². The van der Waals surface area contributed by atoms with Crippen molar-refractivity contribution in [1.29, 1.82) is 0 Å². The maximum atomic E-state index is 15.0. The Kier molecular flexibility index (Phi) is 5.40. The van der Waals surface area contributed by atoms with Gasteiger partial charge in [-0.3, -0.25) is 4.99 Å². The number of ether oxygens (including phenoxy) is 1. The van der Waals surface area contributed by atoms with E-state index in [1.807, 2.05) is 0 Å². The molecule has 2 aromatic heterocycles. The van der Waals surface area contributed by atoms with Gasteiger partial charge in [0.05, 0.1) is 27.7 Å². The molecular weight excluding hydrogens is 463 g/mol. The van der Waals surface area contributed by atoms with Crippen molar-refractivity contribution in [2.24, 2.45) is 16.6 Å². The fourth-order valence-corrected chi connectivity index (χ4v) is 6.02. The zero-order valence-corrected chi connectivity index (χ0v) is 19.0. The number of alkyl halides is 1. The van der Waals surface area contributed by atoms with Crippen molar-refractivity contribution in [2.45, 2.75) is 30.1 Å². The van der Waals surface area contributed by atoms with Crippen LogP contribution < -0.4 is 10.5 Å². The van der Waals surface area contributed by atoms with Crippen molar-refractivity contribution in [1.82, 2.24) is 15.0 Å². The Bertz CT molecular complexity index is 1380. The standard InChI is InChI=1S/C24H20F3N5OS/c1-3-4-33-14-8-18-21(29-10-14)17(30-12-31-18)7-13-5-15(20(27)16(26)6-13)23(2)19-9-24(19,11-25)34-22(28)32-23/h1,5-6,8,10,12,19H,4,7,9,11H2,2H3,(H2,28,32)/t19-,23+,24+/m0/s1. The third-order valence-corrected chi connectivity index (χ3v) is 7.70. The normalized spacial score (nSPS) is 25.4. The minimum atomic E-state index is -1.17. The number of nitrogens with zero attached hydrogens (tertiary/aromatic N) is 4. The number of aromatic nitrogens is 3. The summed E-state index contributed by atoms with van der Waals surface area (Å²) in [5, 5.41) is 0.174. The second-order valence-corrected chi connectivity index (χ2v) is 10.1. The van der Waals surface area contributed by atoms with E-state index in [9.17, 15) is 8.78 Å². The number of benzene rings is 1. The molecule has 1 fully saturated rings. The van der Waals surface area contributed by atoms with Crippen LogP contribution in [0, 0.1) is 29.9 Å². The van der Waals surface area contributed by atoms with Crippen molar-refractivity contribution < 1.29 is 17.9 Å². The number of rotatable bonds is 6. The first kappa shape index (κ1) is 22.5. The highest BCUT2D eigenvalue weighted by Gasteiger charge is 2.66. The van der Waals surface area contributed by atoms with Gasteiger partial charge in [-0.05, 0) is 31.0 Å². The van der Waals surface area contributed by atoms with Gasteiger partial charge in [0.25, 0.3) is 0 Å². The van der Waals surface area contributed by atoms with E-state index in [0.717, 1.165) is 6.07 Å². The van der Waals surface area contributed by atoms with Crippen molar-refractivity contribution in [3.63, 3.8) is 0 Å². The molecule has 3 atom stereocenters. The Hall–Kier alpha value is -3.32. The number of fused-ring (bicyclic) bond motifs is 2. The highest BCUT2D eigenvalue weighted by molar-refractivity contribution is 8.15. The van der Waals surface area contributed by atoms with Crippen LogP contribution in [0.3, 0.4) is 0 Å². The highest BCUT2D eigenvalue weighted by Crippen LogP contribution is 2.66. The number of aliphatic imine (C=N–C) groups is 1. The van der Waals surface area contributed by atoms with E-state index in [1.54, 1.807) is 19.1 Å². The number of thioether (sulfide) groups is 1. The Morgan fingerprint density at radius 2 is 2.09 bits per heavy atom. The van der Waals surface area contributed by atoms with E-state index in [4.69, 9.17) is 16.9 Å². The maximum absolute atomic E-state index is 15.0. The lowest BCUT2D eigenvalue weighted by molar-refractivity contribution is 0.356. The molecule has 1 saturated carbocycles. The summed E-state index contributed by atoms with van der Waals surface area (Å²) in [7, 11) is 0. The SMILES string of the molecule is C#CCOc1cnc2c(Cc3cc(F)c(F)c([C@@]4(C)N=C(N)S[C@@]5(CF)C[C@H]54)c3)ncnc2c1. The molecule has 0 bridgehead atoms. The van der Waals surface area contributed by atoms with E-state index in [-0.39, 0.29) is 29.7 Å². The molecule has 34 heavy (non-hydrogen) atoms. The Labute approximate surface area is 198 Å². The molecule has 3 aromatic rings. The third-order valence-electron chi connectivity index (χ3n) is 6.43. The molecule has 3 heterocycles. The number of amidine groups is 1. The van der Waals surface area contributed by atoms with Gasteiger partial charge in [-0.1, -0.05) is 17.7 Å². The lowest BCUT2D eigenvalue weighted by Crippen LogP contribution is -2.37. The van der Waals surface area contributed by atoms with Gasteiger partial charge in [0.2, 0.25) is 0 Å². The van der Waals surface area contributed by atoms with Gasteiger partial charge in [0.15, 0.2) is 16.8 Å². The highest BCUT2D eigenvalue weighted by atomic mass is 32.2. The summed E-state index contributed by atoms with van der Waals surface area (Å²) in [6.45, 7) is 1.17. The minimum Gasteiger partial charge on any atom is -0.479 e. The minimum absolute atomic E-state index is 0.0577. The fourth-order valence-electron chi connectivity index (χ4n) is 4.69. The molecule has 6 nitrogen and oxygen atoms in total. The van der Waals surface area contributed by atoms with E-state index in [0.29, 0.717) is 34.5 Å². The average Bonchev–Trinajstić information content (AvgIpc) is 3.56. The molecule has 1 aromatic carbocycles. The number of halogens is 3. The first-order valence-electron chi connectivity index (χ1n) is 10.5. The molecule has 1 aliphatic carbocycles. The summed E-state index contributed by atoms with van der Waals surface area (Å²) in [6.07, 6.45) is 8.75. The Morgan fingerprint density at radius 3 is 2.85 bits per heavy atom. The van der Waals surface area contributed by atoms with Crippen molar-refractivity contribution in [2.75, 3.05) is 13.3 Å². The molecule has 0 spiro atoms. The fraction of sp³-hybridized carbons (Fsp3) is 0.333. The Morgan fingerprint density at radius 1 is 1.26 bits per heavy atom. The summed E-state index contributed by atoms with van der Waals surface area (Å²) in [4.78, 5) is 17.3. The zero-order chi connectivity index (χ0) is 24.1. The molecule has 0 unspecified atom stereocenters. The number of nitrogens with two attached hydrogens (primary N) is 1. The largest absolute Gasteiger partial charge is 0.479 e. The zero-order valence-electron chi connectivity index (χ0n) is 18.2.